The Hall–Kier alpha value is -4.39. The van der Waals surface area contributed by atoms with Crippen molar-refractivity contribution < 1.29 is 28.2 Å². The molecule has 42 heavy (non-hydrogen) atoms. The number of fused-ring (bicyclic) bond motifs is 1. The number of hydrogen-bond donors (Lipinski definition) is 0. The molecule has 4 aromatic rings. The van der Waals surface area contributed by atoms with Crippen molar-refractivity contribution in [2.75, 3.05) is 40.6 Å². The Morgan fingerprint density at radius 3 is 2.43 bits per heavy atom. The van der Waals surface area contributed by atoms with Gasteiger partial charge in [-0.1, -0.05) is 12.1 Å². The van der Waals surface area contributed by atoms with Crippen molar-refractivity contribution in [3.63, 3.8) is 0 Å². The third kappa shape index (κ3) is 5.56. The Labute approximate surface area is 244 Å². The van der Waals surface area contributed by atoms with Crippen molar-refractivity contribution >= 4 is 17.0 Å². The van der Waals surface area contributed by atoms with E-state index in [9.17, 15) is 10.1 Å². The summed E-state index contributed by atoms with van der Waals surface area (Å²) in [5.74, 6) is 1.56. The number of nitriles is 1. The lowest BCUT2D eigenvalue weighted by Gasteiger charge is -2.31. The van der Waals surface area contributed by atoms with Gasteiger partial charge in [0.2, 0.25) is 0 Å². The molecular weight excluding hydrogens is 534 g/mol. The summed E-state index contributed by atoms with van der Waals surface area (Å²) in [7, 11) is 3.39. The maximum atomic E-state index is 13.3. The van der Waals surface area contributed by atoms with E-state index < -0.39 is 0 Å². The average molecular weight is 568 g/mol. The van der Waals surface area contributed by atoms with E-state index in [4.69, 9.17) is 23.4 Å². The molecule has 2 aliphatic rings. The van der Waals surface area contributed by atoms with Gasteiger partial charge in [-0.15, -0.1) is 0 Å². The van der Waals surface area contributed by atoms with Gasteiger partial charge in [-0.25, -0.2) is 0 Å². The van der Waals surface area contributed by atoms with Crippen LogP contribution in [0.4, 0.5) is 0 Å². The molecule has 0 unspecified atom stereocenters. The summed E-state index contributed by atoms with van der Waals surface area (Å²) in [6.07, 6.45) is 5.01. The van der Waals surface area contributed by atoms with Gasteiger partial charge in [0.15, 0.2) is 5.58 Å². The van der Waals surface area contributed by atoms with Crippen molar-refractivity contribution in [2.45, 2.75) is 37.8 Å². The van der Waals surface area contributed by atoms with Crippen LogP contribution in [0.3, 0.4) is 0 Å². The van der Waals surface area contributed by atoms with Crippen LogP contribution in [-0.2, 0) is 9.47 Å². The molecule has 2 aromatic heterocycles. The fourth-order valence-electron chi connectivity index (χ4n) is 5.62. The lowest BCUT2D eigenvalue weighted by atomic mass is 10.0. The number of methoxy groups -OCH3 is 1. The molecule has 2 aliphatic heterocycles. The van der Waals surface area contributed by atoms with E-state index >= 15 is 0 Å². The zero-order chi connectivity index (χ0) is 29.1. The van der Waals surface area contributed by atoms with Crippen LogP contribution in [0.1, 0.15) is 41.6 Å². The topological polar surface area (TPSA) is 107 Å². The molecule has 2 saturated heterocycles. The fourth-order valence-corrected chi connectivity index (χ4v) is 5.62. The van der Waals surface area contributed by atoms with E-state index in [2.05, 4.69) is 11.1 Å². The third-order valence-electron chi connectivity index (χ3n) is 8.06. The molecule has 216 valence electrons. The summed E-state index contributed by atoms with van der Waals surface area (Å²) in [6, 6.07) is 17.2. The highest BCUT2D eigenvalue weighted by atomic mass is 16.5. The van der Waals surface area contributed by atoms with E-state index in [0.29, 0.717) is 65.9 Å². The van der Waals surface area contributed by atoms with Crippen LogP contribution in [0.15, 0.2) is 59.1 Å². The van der Waals surface area contributed by atoms with Crippen LogP contribution in [-0.4, -0.2) is 68.5 Å². The predicted molar refractivity (Wildman–Crippen MR) is 157 cm³/mol. The molecule has 2 fully saturated rings. The summed E-state index contributed by atoms with van der Waals surface area (Å²) in [4.78, 5) is 19.6. The first-order chi connectivity index (χ1) is 20.6. The van der Waals surface area contributed by atoms with Gasteiger partial charge in [0.05, 0.1) is 31.5 Å². The molecule has 2 aromatic carbocycles. The molecule has 0 saturated carbocycles. The van der Waals surface area contributed by atoms with E-state index in [-0.39, 0.29) is 18.1 Å². The average Bonchev–Trinajstić information content (AvgIpc) is 3.50. The molecule has 0 atom stereocenters. The highest BCUT2D eigenvalue weighted by Crippen LogP contribution is 2.37. The quantitative estimate of drug-likeness (QED) is 0.274. The monoisotopic (exact) mass is 567 g/mol. The van der Waals surface area contributed by atoms with Gasteiger partial charge in [-0.05, 0) is 48.7 Å². The second kappa shape index (κ2) is 12.2. The highest BCUT2D eigenvalue weighted by molar-refractivity contribution is 5.98. The number of ether oxygens (including phenoxy) is 4. The Morgan fingerprint density at radius 1 is 0.952 bits per heavy atom. The van der Waals surface area contributed by atoms with Crippen LogP contribution in [0.25, 0.3) is 33.6 Å². The molecule has 6 rings (SSSR count). The normalized spacial score (nSPS) is 16.2. The molecule has 0 aliphatic carbocycles. The zero-order valence-electron chi connectivity index (χ0n) is 23.8. The minimum Gasteiger partial charge on any atom is -0.496 e. The minimum absolute atomic E-state index is 0.0397. The molecular formula is C33H33N3O6. The number of nitrogens with zero attached hydrogens (tertiary/aromatic N) is 3. The first-order valence-corrected chi connectivity index (χ1v) is 14.3. The fraction of sp³-hybridized carbons (Fsp3) is 0.364. The lowest BCUT2D eigenvalue weighted by Crippen LogP contribution is -2.40. The number of aromatic nitrogens is 1. The van der Waals surface area contributed by atoms with Gasteiger partial charge in [0.1, 0.15) is 34.9 Å². The molecule has 0 bridgehead atoms. The van der Waals surface area contributed by atoms with Crippen molar-refractivity contribution in [1.29, 1.82) is 5.26 Å². The number of hydrogen-bond acceptors (Lipinski definition) is 8. The molecule has 0 radical (unpaired) electrons. The number of carbonyl (C=O) groups is 1. The predicted octanol–water partition coefficient (Wildman–Crippen LogP) is 5.85. The number of amides is 1. The zero-order valence-corrected chi connectivity index (χ0v) is 23.8. The smallest absolute Gasteiger partial charge is 0.257 e. The maximum absolute atomic E-state index is 13.3. The lowest BCUT2D eigenvalue weighted by molar-refractivity contribution is 0.0254. The summed E-state index contributed by atoms with van der Waals surface area (Å²) < 4.78 is 29.0. The van der Waals surface area contributed by atoms with Crippen LogP contribution in [0.2, 0.25) is 0 Å². The van der Waals surface area contributed by atoms with Crippen LogP contribution >= 0.6 is 0 Å². The number of rotatable bonds is 7. The van der Waals surface area contributed by atoms with Crippen LogP contribution in [0, 0.1) is 11.3 Å². The second-order valence-corrected chi connectivity index (χ2v) is 10.6. The summed E-state index contributed by atoms with van der Waals surface area (Å²) in [6.45, 7) is 2.65. The van der Waals surface area contributed by atoms with Gasteiger partial charge >= 0.3 is 0 Å². The Bertz CT molecular complexity index is 1630. The second-order valence-electron chi connectivity index (χ2n) is 10.6. The van der Waals surface area contributed by atoms with E-state index in [1.807, 2.05) is 49.5 Å². The summed E-state index contributed by atoms with van der Waals surface area (Å²) >= 11 is 0. The Morgan fingerprint density at radius 2 is 1.69 bits per heavy atom. The first-order valence-electron chi connectivity index (χ1n) is 14.3. The van der Waals surface area contributed by atoms with Crippen molar-refractivity contribution in [3.05, 3.63) is 65.9 Å². The number of benzene rings is 2. The number of furan rings is 1. The van der Waals surface area contributed by atoms with Crippen molar-refractivity contribution in [3.8, 4) is 40.0 Å². The van der Waals surface area contributed by atoms with Gasteiger partial charge in [-0.3, -0.25) is 9.78 Å². The van der Waals surface area contributed by atoms with Gasteiger partial charge in [0, 0.05) is 62.5 Å². The van der Waals surface area contributed by atoms with E-state index in [0.717, 1.165) is 42.4 Å². The molecule has 9 nitrogen and oxygen atoms in total. The van der Waals surface area contributed by atoms with Gasteiger partial charge < -0.3 is 28.3 Å². The Balaban J connectivity index is 1.29. The van der Waals surface area contributed by atoms with Gasteiger partial charge in [0.25, 0.3) is 5.91 Å². The SMILES string of the molecule is COc1cc(-c2cc3nccc(-c4ccc(OC5CCOCC5)c(C#N)c4)c3o2)ccc1C(=O)N(C)C1CCOCC1. The molecule has 9 heteroatoms. The molecule has 0 spiro atoms. The van der Waals surface area contributed by atoms with Crippen molar-refractivity contribution in [2.24, 2.45) is 0 Å². The number of pyridine rings is 1. The summed E-state index contributed by atoms with van der Waals surface area (Å²) in [5, 5.41) is 9.87. The van der Waals surface area contributed by atoms with Crippen LogP contribution in [0.5, 0.6) is 11.5 Å². The van der Waals surface area contributed by atoms with E-state index in [1.54, 1.807) is 24.3 Å². The highest BCUT2D eigenvalue weighted by Gasteiger charge is 2.26. The van der Waals surface area contributed by atoms with E-state index in [1.165, 1.54) is 0 Å². The van der Waals surface area contributed by atoms with Gasteiger partial charge in [-0.2, -0.15) is 5.26 Å². The first kappa shape index (κ1) is 27.8. The summed E-state index contributed by atoms with van der Waals surface area (Å²) in [5.41, 5.74) is 4.66. The Kier molecular flexibility index (Phi) is 8.08. The molecule has 1 amide bonds. The van der Waals surface area contributed by atoms with Crippen LogP contribution < -0.4 is 9.47 Å². The number of carbonyl (C=O) groups excluding carboxylic acids is 1. The standard InChI is InChI=1S/C33H33N3O6/c1-36(24-8-13-39-14-9-24)33(37)27-5-3-22(18-31(27)38-2)30-19-28-32(42-30)26(7-12-35-28)21-4-6-29(23(17-21)20-34)41-25-10-15-40-16-11-25/h3-7,12,17-19,24-25H,8-11,13-16H2,1-2H3. The third-order valence-corrected chi connectivity index (χ3v) is 8.06. The molecule has 0 N–H and O–H groups in total. The maximum Gasteiger partial charge on any atom is 0.257 e. The molecule has 4 heterocycles. The largest absolute Gasteiger partial charge is 0.496 e. The van der Waals surface area contributed by atoms with Crippen molar-refractivity contribution in [1.82, 2.24) is 9.88 Å². The minimum atomic E-state index is -0.0867.